The fourth-order valence-corrected chi connectivity index (χ4v) is 2.34. The minimum Gasteiger partial charge on any atom is -0.356 e. The van der Waals surface area contributed by atoms with Crippen molar-refractivity contribution in [1.82, 2.24) is 20.8 Å². The highest BCUT2D eigenvalue weighted by molar-refractivity contribution is 7.09. The molecule has 0 radical (unpaired) electrons. The van der Waals surface area contributed by atoms with Gasteiger partial charge >= 0.3 is 0 Å². The summed E-state index contributed by atoms with van der Waals surface area (Å²) in [6.45, 7) is 3.42. The van der Waals surface area contributed by atoms with Gasteiger partial charge in [0.25, 0.3) is 0 Å². The number of aromatic nitrogens is 2. The molecule has 2 rings (SSSR count). The SMILES string of the molecule is CN=C(NCCCc1nc(C)no1)NCc1cccs1. The third-order valence-electron chi connectivity index (χ3n) is 2.66. The van der Waals surface area contributed by atoms with Crippen molar-refractivity contribution in [1.29, 1.82) is 0 Å². The number of hydrogen-bond donors (Lipinski definition) is 2. The quantitative estimate of drug-likeness (QED) is 0.482. The fraction of sp³-hybridized carbons (Fsp3) is 0.462. The van der Waals surface area contributed by atoms with E-state index in [-0.39, 0.29) is 0 Å². The van der Waals surface area contributed by atoms with Crippen LogP contribution in [0.4, 0.5) is 0 Å². The van der Waals surface area contributed by atoms with Crippen molar-refractivity contribution in [2.75, 3.05) is 13.6 Å². The van der Waals surface area contributed by atoms with Crippen LogP contribution in [0, 0.1) is 6.92 Å². The van der Waals surface area contributed by atoms with Gasteiger partial charge in [-0.3, -0.25) is 4.99 Å². The zero-order valence-electron chi connectivity index (χ0n) is 11.7. The van der Waals surface area contributed by atoms with Crippen molar-refractivity contribution in [2.45, 2.75) is 26.3 Å². The molecule has 0 aliphatic carbocycles. The second-order valence-corrected chi connectivity index (χ2v) is 5.30. The third-order valence-corrected chi connectivity index (χ3v) is 3.54. The molecule has 2 heterocycles. The minimum atomic E-state index is 0.682. The van der Waals surface area contributed by atoms with Crippen LogP contribution < -0.4 is 10.6 Å². The molecule has 0 aromatic carbocycles. The molecule has 2 N–H and O–H groups in total. The van der Waals surface area contributed by atoms with Gasteiger partial charge in [-0.25, -0.2) is 0 Å². The predicted octanol–water partition coefficient (Wildman–Crippen LogP) is 1.74. The fourth-order valence-electron chi connectivity index (χ4n) is 1.69. The Bertz CT molecular complexity index is 535. The molecule has 7 heteroatoms. The molecule has 0 unspecified atom stereocenters. The molecule has 0 saturated heterocycles. The van der Waals surface area contributed by atoms with Crippen LogP contribution in [-0.4, -0.2) is 29.7 Å². The van der Waals surface area contributed by atoms with E-state index in [2.05, 4.69) is 37.2 Å². The summed E-state index contributed by atoms with van der Waals surface area (Å²) >= 11 is 1.73. The summed E-state index contributed by atoms with van der Waals surface area (Å²) in [6, 6.07) is 4.15. The Labute approximate surface area is 122 Å². The summed E-state index contributed by atoms with van der Waals surface area (Å²) in [7, 11) is 1.77. The second-order valence-electron chi connectivity index (χ2n) is 4.27. The van der Waals surface area contributed by atoms with Crippen LogP contribution in [0.2, 0.25) is 0 Å². The van der Waals surface area contributed by atoms with E-state index in [9.17, 15) is 0 Å². The van der Waals surface area contributed by atoms with Gasteiger partial charge in [0.15, 0.2) is 11.8 Å². The lowest BCUT2D eigenvalue weighted by molar-refractivity contribution is 0.372. The molecule has 0 aliphatic rings. The number of rotatable bonds is 6. The summed E-state index contributed by atoms with van der Waals surface area (Å²) < 4.78 is 5.06. The molecule has 0 aliphatic heterocycles. The number of nitrogens with one attached hydrogen (secondary N) is 2. The van der Waals surface area contributed by atoms with Gasteiger partial charge in [-0.2, -0.15) is 4.98 Å². The molecule has 2 aromatic rings. The maximum atomic E-state index is 5.06. The topological polar surface area (TPSA) is 75.3 Å². The van der Waals surface area contributed by atoms with Gasteiger partial charge < -0.3 is 15.2 Å². The molecule has 0 saturated carbocycles. The Morgan fingerprint density at radius 1 is 1.45 bits per heavy atom. The van der Waals surface area contributed by atoms with Crippen LogP contribution in [0.25, 0.3) is 0 Å². The number of hydrogen-bond acceptors (Lipinski definition) is 5. The van der Waals surface area contributed by atoms with Gasteiger partial charge in [0.2, 0.25) is 5.89 Å². The average molecular weight is 293 g/mol. The zero-order chi connectivity index (χ0) is 14.2. The van der Waals surface area contributed by atoms with Crippen molar-refractivity contribution in [3.63, 3.8) is 0 Å². The first-order valence-electron chi connectivity index (χ1n) is 6.54. The van der Waals surface area contributed by atoms with Crippen molar-refractivity contribution in [3.05, 3.63) is 34.1 Å². The van der Waals surface area contributed by atoms with Gasteiger partial charge in [0, 0.05) is 24.9 Å². The third kappa shape index (κ3) is 4.65. The average Bonchev–Trinajstić information content (AvgIpc) is 3.09. The van der Waals surface area contributed by atoms with Crippen LogP contribution in [0.15, 0.2) is 27.0 Å². The Kier molecular flexibility index (Phi) is 5.55. The van der Waals surface area contributed by atoms with Crippen molar-refractivity contribution < 1.29 is 4.52 Å². The molecule has 0 spiro atoms. The van der Waals surface area contributed by atoms with Crippen molar-refractivity contribution >= 4 is 17.3 Å². The number of guanidine groups is 1. The van der Waals surface area contributed by atoms with E-state index in [0.717, 1.165) is 31.9 Å². The van der Waals surface area contributed by atoms with Gasteiger partial charge in [-0.15, -0.1) is 11.3 Å². The lowest BCUT2D eigenvalue weighted by Gasteiger charge is -2.10. The van der Waals surface area contributed by atoms with Crippen molar-refractivity contribution in [3.8, 4) is 0 Å². The van der Waals surface area contributed by atoms with Gasteiger partial charge in [0.05, 0.1) is 6.54 Å². The normalized spacial score (nSPS) is 11.6. The Hall–Kier alpha value is -1.89. The maximum Gasteiger partial charge on any atom is 0.226 e. The first-order chi connectivity index (χ1) is 9.78. The molecule has 20 heavy (non-hydrogen) atoms. The van der Waals surface area contributed by atoms with E-state index in [1.54, 1.807) is 18.4 Å². The van der Waals surface area contributed by atoms with Gasteiger partial charge in [0.1, 0.15) is 0 Å². The van der Waals surface area contributed by atoms with Gasteiger partial charge in [-0.05, 0) is 24.8 Å². The zero-order valence-corrected chi connectivity index (χ0v) is 12.5. The van der Waals surface area contributed by atoms with Gasteiger partial charge in [-0.1, -0.05) is 11.2 Å². The van der Waals surface area contributed by atoms with Crippen LogP contribution in [0.3, 0.4) is 0 Å². The first-order valence-corrected chi connectivity index (χ1v) is 7.42. The molecular formula is C13H19N5OS. The van der Waals surface area contributed by atoms with E-state index >= 15 is 0 Å². The largest absolute Gasteiger partial charge is 0.356 e. The lowest BCUT2D eigenvalue weighted by Crippen LogP contribution is -2.37. The number of aryl methyl sites for hydroxylation is 2. The summed E-state index contributed by atoms with van der Waals surface area (Å²) in [5, 5.41) is 12.4. The molecule has 2 aromatic heterocycles. The monoisotopic (exact) mass is 293 g/mol. The Morgan fingerprint density at radius 2 is 2.35 bits per heavy atom. The summed E-state index contributed by atoms with van der Waals surface area (Å²) in [6.07, 6.45) is 1.69. The van der Waals surface area contributed by atoms with E-state index in [4.69, 9.17) is 4.52 Å². The van der Waals surface area contributed by atoms with Crippen molar-refractivity contribution in [2.24, 2.45) is 4.99 Å². The first kappa shape index (κ1) is 14.5. The molecular weight excluding hydrogens is 274 g/mol. The van der Waals surface area contributed by atoms with E-state index in [1.807, 2.05) is 13.0 Å². The standard InChI is InChI=1S/C13H19N5OS/c1-10-17-12(19-18-10)6-3-7-15-13(14-2)16-9-11-5-4-8-20-11/h4-5,8H,3,6-7,9H2,1-2H3,(H2,14,15,16). The van der Waals surface area contributed by atoms with E-state index in [0.29, 0.717) is 11.7 Å². The number of thiophene rings is 1. The van der Waals surface area contributed by atoms with E-state index in [1.165, 1.54) is 4.88 Å². The lowest BCUT2D eigenvalue weighted by atomic mass is 10.3. The highest BCUT2D eigenvalue weighted by Gasteiger charge is 2.03. The van der Waals surface area contributed by atoms with Crippen LogP contribution in [0.1, 0.15) is 23.0 Å². The summed E-state index contributed by atoms with van der Waals surface area (Å²) in [5.74, 6) is 2.17. The van der Waals surface area contributed by atoms with E-state index < -0.39 is 0 Å². The number of aliphatic imine (C=N–C) groups is 1. The Morgan fingerprint density at radius 3 is 3.00 bits per heavy atom. The highest BCUT2D eigenvalue weighted by atomic mass is 32.1. The number of nitrogens with zero attached hydrogens (tertiary/aromatic N) is 3. The molecule has 0 bridgehead atoms. The smallest absolute Gasteiger partial charge is 0.226 e. The molecule has 108 valence electrons. The molecule has 0 fully saturated rings. The van der Waals surface area contributed by atoms with Crippen LogP contribution in [-0.2, 0) is 13.0 Å². The molecule has 0 amide bonds. The molecule has 0 atom stereocenters. The van der Waals surface area contributed by atoms with Crippen LogP contribution in [0.5, 0.6) is 0 Å². The second kappa shape index (κ2) is 7.64. The predicted molar refractivity (Wildman–Crippen MR) is 79.9 cm³/mol. The summed E-state index contributed by atoms with van der Waals surface area (Å²) in [5.41, 5.74) is 0. The summed E-state index contributed by atoms with van der Waals surface area (Å²) in [4.78, 5) is 9.64. The molecule has 6 nitrogen and oxygen atoms in total. The Balaban J connectivity index is 1.64. The van der Waals surface area contributed by atoms with Crippen LogP contribution >= 0.6 is 11.3 Å². The minimum absolute atomic E-state index is 0.682. The highest BCUT2D eigenvalue weighted by Crippen LogP contribution is 2.07. The maximum absolute atomic E-state index is 5.06.